The van der Waals surface area contributed by atoms with E-state index in [1.54, 1.807) is 6.07 Å². The zero-order valence-corrected chi connectivity index (χ0v) is 25.1. The van der Waals surface area contributed by atoms with Crippen molar-refractivity contribution in [2.75, 3.05) is 26.2 Å². The first-order chi connectivity index (χ1) is 18.5. The number of aromatic nitrogens is 1. The number of benzene rings is 1. The largest absolute Gasteiger partial charge is 0.352 e. The molecule has 3 heterocycles. The van der Waals surface area contributed by atoms with E-state index in [1.807, 2.05) is 19.9 Å². The maximum absolute atomic E-state index is 13.8. The summed E-state index contributed by atoms with van der Waals surface area (Å²) < 4.78 is 0. The molecule has 2 fully saturated rings. The normalized spacial score (nSPS) is 20.0. The Morgan fingerprint density at radius 3 is 2.46 bits per heavy atom. The first-order valence-electron chi connectivity index (χ1n) is 14.3. The molecule has 212 valence electrons. The van der Waals surface area contributed by atoms with E-state index in [2.05, 4.69) is 77.0 Å². The SMILES string of the molecule is CCC(C)(C)N1C[C@@H](c2ccccc2)N(C2CCN(C(C)CCNC(=O)c3c(C)cc(Cl)nc3C)CC2)C1=O. The van der Waals surface area contributed by atoms with Crippen LogP contribution in [0, 0.1) is 13.8 Å². The number of nitrogens with zero attached hydrogens (tertiary/aromatic N) is 4. The van der Waals surface area contributed by atoms with Crippen LogP contribution < -0.4 is 5.32 Å². The molecule has 4 rings (SSSR count). The van der Waals surface area contributed by atoms with Crippen LogP contribution in [-0.2, 0) is 0 Å². The van der Waals surface area contributed by atoms with Crippen LogP contribution in [0.25, 0.3) is 0 Å². The summed E-state index contributed by atoms with van der Waals surface area (Å²) in [6, 6.07) is 13.0. The number of halogens is 1. The average molecular weight is 554 g/mol. The summed E-state index contributed by atoms with van der Waals surface area (Å²) in [5.74, 6) is -0.0980. The molecule has 8 heteroatoms. The van der Waals surface area contributed by atoms with Gasteiger partial charge in [0.15, 0.2) is 0 Å². The second-order valence-corrected chi connectivity index (χ2v) is 12.2. The van der Waals surface area contributed by atoms with Gasteiger partial charge in [0.1, 0.15) is 5.15 Å². The van der Waals surface area contributed by atoms with Crippen LogP contribution in [0.4, 0.5) is 4.79 Å². The van der Waals surface area contributed by atoms with Gasteiger partial charge in [-0.1, -0.05) is 48.9 Å². The van der Waals surface area contributed by atoms with Gasteiger partial charge in [0.05, 0.1) is 17.3 Å². The fourth-order valence-electron chi connectivity index (χ4n) is 6.06. The Morgan fingerprint density at radius 2 is 1.85 bits per heavy atom. The van der Waals surface area contributed by atoms with Crippen molar-refractivity contribution in [2.45, 2.75) is 90.9 Å². The Balaban J connectivity index is 1.34. The van der Waals surface area contributed by atoms with Crippen molar-refractivity contribution < 1.29 is 9.59 Å². The molecule has 0 spiro atoms. The predicted octanol–water partition coefficient (Wildman–Crippen LogP) is 5.99. The summed E-state index contributed by atoms with van der Waals surface area (Å²) in [4.78, 5) is 37.6. The van der Waals surface area contributed by atoms with Gasteiger partial charge in [-0.25, -0.2) is 9.78 Å². The fraction of sp³-hybridized carbons (Fsp3) is 0.581. The minimum atomic E-state index is -0.169. The molecule has 1 aromatic carbocycles. The molecule has 0 aliphatic carbocycles. The van der Waals surface area contributed by atoms with Crippen LogP contribution in [0.3, 0.4) is 0 Å². The minimum Gasteiger partial charge on any atom is -0.352 e. The molecule has 0 saturated carbocycles. The van der Waals surface area contributed by atoms with E-state index in [1.165, 1.54) is 5.56 Å². The van der Waals surface area contributed by atoms with E-state index in [0.717, 1.165) is 50.9 Å². The smallest absolute Gasteiger partial charge is 0.321 e. The fourth-order valence-corrected chi connectivity index (χ4v) is 6.35. The van der Waals surface area contributed by atoms with Gasteiger partial charge in [-0.2, -0.15) is 0 Å². The molecule has 2 aliphatic rings. The first-order valence-corrected chi connectivity index (χ1v) is 14.7. The van der Waals surface area contributed by atoms with E-state index < -0.39 is 0 Å². The van der Waals surface area contributed by atoms with Gasteiger partial charge < -0.3 is 20.0 Å². The van der Waals surface area contributed by atoms with Crippen molar-refractivity contribution in [3.05, 3.63) is 63.9 Å². The van der Waals surface area contributed by atoms with Gasteiger partial charge in [-0.3, -0.25) is 4.79 Å². The molecule has 2 saturated heterocycles. The molecule has 0 radical (unpaired) electrons. The number of pyridine rings is 1. The molecule has 2 aromatic rings. The van der Waals surface area contributed by atoms with Crippen molar-refractivity contribution in [1.82, 2.24) is 25.0 Å². The number of aryl methyl sites for hydroxylation is 2. The number of piperidine rings is 1. The number of carbonyl (C=O) groups excluding carboxylic acids is 2. The Bertz CT molecular complexity index is 1140. The summed E-state index contributed by atoms with van der Waals surface area (Å²) in [5.41, 5.74) is 3.15. The van der Waals surface area contributed by atoms with E-state index >= 15 is 0 Å². The zero-order valence-electron chi connectivity index (χ0n) is 24.3. The zero-order chi connectivity index (χ0) is 28.3. The number of amides is 3. The lowest BCUT2D eigenvalue weighted by atomic mass is 9.97. The average Bonchev–Trinajstić information content (AvgIpc) is 3.26. The van der Waals surface area contributed by atoms with Crippen LogP contribution in [-0.4, -0.2) is 75.4 Å². The monoisotopic (exact) mass is 553 g/mol. The standard InChI is InChI=1S/C31H44ClN5O2/c1-7-31(5,6)36-20-26(24-11-9-8-10-12-24)37(30(36)39)25-14-17-35(18-15-25)22(3)13-16-33-29(38)28-21(2)19-27(32)34-23(28)4/h8-12,19,22,25-26H,7,13-18,20H2,1-6H3,(H,33,38)/t22?,26-/m0/s1. The van der Waals surface area contributed by atoms with Crippen molar-refractivity contribution in [1.29, 1.82) is 0 Å². The van der Waals surface area contributed by atoms with Gasteiger partial charge >= 0.3 is 6.03 Å². The minimum absolute atomic E-state index is 0.0861. The highest BCUT2D eigenvalue weighted by Crippen LogP contribution is 2.38. The molecule has 1 N–H and O–H groups in total. The third-order valence-electron chi connectivity index (χ3n) is 8.88. The molecule has 3 amide bonds. The van der Waals surface area contributed by atoms with E-state index in [0.29, 0.717) is 29.0 Å². The Hall–Kier alpha value is -2.64. The summed E-state index contributed by atoms with van der Waals surface area (Å²) in [5, 5.41) is 3.48. The second kappa shape index (κ2) is 12.3. The topological polar surface area (TPSA) is 68.8 Å². The molecule has 2 aliphatic heterocycles. The Kier molecular flexibility index (Phi) is 9.22. The molecular formula is C31H44ClN5O2. The number of rotatable bonds is 9. The lowest BCUT2D eigenvalue weighted by Crippen LogP contribution is -2.51. The summed E-state index contributed by atoms with van der Waals surface area (Å²) in [6.45, 7) is 15.7. The van der Waals surface area contributed by atoms with Gasteiger partial charge in [-0.05, 0) is 77.5 Å². The van der Waals surface area contributed by atoms with Gasteiger partial charge in [0.2, 0.25) is 0 Å². The maximum atomic E-state index is 13.8. The first kappa shape index (κ1) is 29.3. The van der Waals surface area contributed by atoms with Gasteiger partial charge in [0, 0.05) is 43.8 Å². The third kappa shape index (κ3) is 6.41. The number of hydrogen-bond acceptors (Lipinski definition) is 4. The highest BCUT2D eigenvalue weighted by molar-refractivity contribution is 6.29. The van der Waals surface area contributed by atoms with Crippen LogP contribution in [0.5, 0.6) is 0 Å². The number of nitrogens with one attached hydrogen (secondary N) is 1. The Morgan fingerprint density at radius 1 is 1.18 bits per heavy atom. The molecule has 1 unspecified atom stereocenters. The van der Waals surface area contributed by atoms with Crippen LogP contribution in [0.2, 0.25) is 5.15 Å². The van der Waals surface area contributed by atoms with Crippen molar-refractivity contribution in [2.24, 2.45) is 0 Å². The summed E-state index contributed by atoms with van der Waals surface area (Å²) >= 11 is 6.02. The molecule has 2 atom stereocenters. The van der Waals surface area contributed by atoms with Gasteiger partial charge in [0.25, 0.3) is 5.91 Å². The molecule has 39 heavy (non-hydrogen) atoms. The summed E-state index contributed by atoms with van der Waals surface area (Å²) in [7, 11) is 0. The summed E-state index contributed by atoms with van der Waals surface area (Å²) in [6.07, 6.45) is 3.71. The van der Waals surface area contributed by atoms with Gasteiger partial charge in [-0.15, -0.1) is 0 Å². The number of carbonyl (C=O) groups is 2. The van der Waals surface area contributed by atoms with Crippen molar-refractivity contribution in [3.8, 4) is 0 Å². The lowest BCUT2D eigenvalue weighted by molar-refractivity contribution is 0.0866. The molecule has 1 aromatic heterocycles. The number of urea groups is 1. The molecule has 7 nitrogen and oxygen atoms in total. The third-order valence-corrected chi connectivity index (χ3v) is 9.07. The highest BCUT2D eigenvalue weighted by Gasteiger charge is 2.47. The molecular weight excluding hydrogens is 510 g/mol. The lowest BCUT2D eigenvalue weighted by Gasteiger charge is -2.41. The van der Waals surface area contributed by atoms with Crippen molar-refractivity contribution >= 4 is 23.5 Å². The highest BCUT2D eigenvalue weighted by atomic mass is 35.5. The Labute approximate surface area is 238 Å². The molecule has 0 bridgehead atoms. The van der Waals surface area contributed by atoms with Crippen LogP contribution in [0.15, 0.2) is 36.4 Å². The predicted molar refractivity (Wildman–Crippen MR) is 157 cm³/mol. The number of likely N-dealkylation sites (tertiary alicyclic amines) is 1. The van der Waals surface area contributed by atoms with Crippen LogP contribution >= 0.6 is 11.6 Å². The van der Waals surface area contributed by atoms with Crippen LogP contribution in [0.1, 0.15) is 86.6 Å². The van der Waals surface area contributed by atoms with E-state index in [-0.39, 0.29) is 29.6 Å². The number of hydrogen-bond donors (Lipinski definition) is 1. The maximum Gasteiger partial charge on any atom is 0.321 e. The quantitative estimate of drug-likeness (QED) is 0.387. The van der Waals surface area contributed by atoms with E-state index in [9.17, 15) is 9.59 Å². The van der Waals surface area contributed by atoms with E-state index in [4.69, 9.17) is 11.6 Å². The second-order valence-electron chi connectivity index (χ2n) is 11.8. The van der Waals surface area contributed by atoms with Crippen molar-refractivity contribution in [3.63, 3.8) is 0 Å².